The molecule has 0 saturated heterocycles. The summed E-state index contributed by atoms with van der Waals surface area (Å²) in [5, 5.41) is 3.45. The number of hydrogen-bond acceptors (Lipinski definition) is 4. The maximum absolute atomic E-state index is 13.5. The SMILES string of the molecule is CCN(CC(=O)NC(C)C)c1ncnc2ccc(F)cc12. The van der Waals surface area contributed by atoms with Crippen molar-refractivity contribution in [2.24, 2.45) is 0 Å². The Morgan fingerprint density at radius 2 is 2.14 bits per heavy atom. The van der Waals surface area contributed by atoms with Gasteiger partial charge in [0.2, 0.25) is 5.91 Å². The largest absolute Gasteiger partial charge is 0.352 e. The number of aromatic nitrogens is 2. The predicted octanol–water partition coefficient (Wildman–Crippen LogP) is 2.12. The highest BCUT2D eigenvalue weighted by Crippen LogP contribution is 2.23. The molecule has 6 heteroatoms. The first-order chi connectivity index (χ1) is 10.0. The zero-order chi connectivity index (χ0) is 15.4. The molecule has 2 aromatic rings. The molecule has 1 N–H and O–H groups in total. The molecule has 112 valence electrons. The lowest BCUT2D eigenvalue weighted by molar-refractivity contribution is -0.120. The lowest BCUT2D eigenvalue weighted by atomic mass is 10.2. The Balaban J connectivity index is 2.33. The summed E-state index contributed by atoms with van der Waals surface area (Å²) in [4.78, 5) is 22.1. The van der Waals surface area contributed by atoms with E-state index in [9.17, 15) is 9.18 Å². The lowest BCUT2D eigenvalue weighted by Gasteiger charge is -2.23. The van der Waals surface area contributed by atoms with Crippen molar-refractivity contribution in [2.45, 2.75) is 26.8 Å². The number of benzene rings is 1. The summed E-state index contributed by atoms with van der Waals surface area (Å²) in [6.45, 7) is 6.51. The second kappa shape index (κ2) is 6.47. The van der Waals surface area contributed by atoms with Crippen molar-refractivity contribution in [3.63, 3.8) is 0 Å². The number of likely N-dealkylation sites (N-methyl/N-ethyl adjacent to an activating group) is 1. The zero-order valence-electron chi connectivity index (χ0n) is 12.4. The van der Waals surface area contributed by atoms with Gasteiger partial charge in [-0.2, -0.15) is 0 Å². The van der Waals surface area contributed by atoms with E-state index < -0.39 is 0 Å². The molecule has 0 spiro atoms. The molecule has 1 aromatic heterocycles. The third kappa shape index (κ3) is 3.65. The molecule has 0 atom stereocenters. The molecule has 1 aromatic carbocycles. The summed E-state index contributed by atoms with van der Waals surface area (Å²) in [7, 11) is 0. The van der Waals surface area contributed by atoms with Crippen LogP contribution in [-0.4, -0.2) is 35.0 Å². The van der Waals surface area contributed by atoms with E-state index in [-0.39, 0.29) is 24.3 Å². The topological polar surface area (TPSA) is 58.1 Å². The second-order valence-corrected chi connectivity index (χ2v) is 5.10. The van der Waals surface area contributed by atoms with Crippen LogP contribution < -0.4 is 10.2 Å². The van der Waals surface area contributed by atoms with Crippen molar-refractivity contribution in [2.75, 3.05) is 18.0 Å². The van der Waals surface area contributed by atoms with Gasteiger partial charge in [0.1, 0.15) is 18.0 Å². The number of anilines is 1. The van der Waals surface area contributed by atoms with Crippen molar-refractivity contribution in [3.05, 3.63) is 30.3 Å². The Labute approximate surface area is 123 Å². The van der Waals surface area contributed by atoms with E-state index >= 15 is 0 Å². The van der Waals surface area contributed by atoms with Gasteiger partial charge in [0.15, 0.2) is 0 Å². The van der Waals surface area contributed by atoms with Crippen LogP contribution in [0.4, 0.5) is 10.2 Å². The number of amides is 1. The molecular weight excluding hydrogens is 271 g/mol. The number of carbonyl (C=O) groups excluding carboxylic acids is 1. The maximum atomic E-state index is 13.5. The molecule has 0 fully saturated rings. The highest BCUT2D eigenvalue weighted by molar-refractivity contribution is 5.91. The van der Waals surface area contributed by atoms with E-state index in [0.717, 1.165) is 0 Å². The molecule has 0 aliphatic rings. The summed E-state index contributed by atoms with van der Waals surface area (Å²) in [6, 6.07) is 4.45. The number of nitrogens with zero attached hydrogens (tertiary/aromatic N) is 3. The van der Waals surface area contributed by atoms with Crippen LogP contribution in [0.1, 0.15) is 20.8 Å². The highest BCUT2D eigenvalue weighted by Gasteiger charge is 2.15. The van der Waals surface area contributed by atoms with E-state index in [1.54, 1.807) is 11.0 Å². The number of nitrogens with one attached hydrogen (secondary N) is 1. The number of rotatable bonds is 5. The summed E-state index contributed by atoms with van der Waals surface area (Å²) < 4.78 is 13.5. The Morgan fingerprint density at radius 3 is 2.81 bits per heavy atom. The third-order valence-electron chi connectivity index (χ3n) is 3.04. The van der Waals surface area contributed by atoms with Gasteiger partial charge < -0.3 is 10.2 Å². The predicted molar refractivity (Wildman–Crippen MR) is 80.7 cm³/mol. The van der Waals surface area contributed by atoms with E-state index in [0.29, 0.717) is 23.3 Å². The fourth-order valence-corrected chi connectivity index (χ4v) is 2.14. The van der Waals surface area contributed by atoms with Gasteiger partial charge in [-0.15, -0.1) is 0 Å². The van der Waals surface area contributed by atoms with Crippen molar-refractivity contribution >= 4 is 22.6 Å². The quantitative estimate of drug-likeness (QED) is 0.916. The minimum absolute atomic E-state index is 0.0794. The Hall–Kier alpha value is -2.24. The molecule has 1 amide bonds. The van der Waals surface area contributed by atoms with Crippen LogP contribution in [0.5, 0.6) is 0 Å². The summed E-state index contributed by atoms with van der Waals surface area (Å²) >= 11 is 0. The smallest absolute Gasteiger partial charge is 0.239 e. The van der Waals surface area contributed by atoms with E-state index in [1.807, 2.05) is 20.8 Å². The van der Waals surface area contributed by atoms with Gasteiger partial charge in [-0.3, -0.25) is 4.79 Å². The van der Waals surface area contributed by atoms with Gasteiger partial charge >= 0.3 is 0 Å². The third-order valence-corrected chi connectivity index (χ3v) is 3.04. The van der Waals surface area contributed by atoms with Gasteiger partial charge in [0.25, 0.3) is 0 Å². The van der Waals surface area contributed by atoms with Gasteiger partial charge in [0.05, 0.1) is 12.1 Å². The molecule has 0 unspecified atom stereocenters. The van der Waals surface area contributed by atoms with Crippen molar-refractivity contribution in [1.29, 1.82) is 0 Å². The van der Waals surface area contributed by atoms with Crippen molar-refractivity contribution in [1.82, 2.24) is 15.3 Å². The summed E-state index contributed by atoms with van der Waals surface area (Å²) in [5.74, 6) is 0.136. The molecule has 0 radical (unpaired) electrons. The fourth-order valence-electron chi connectivity index (χ4n) is 2.14. The van der Waals surface area contributed by atoms with Gasteiger partial charge in [-0.1, -0.05) is 0 Å². The molecule has 0 aliphatic carbocycles. The number of carbonyl (C=O) groups is 1. The molecule has 5 nitrogen and oxygen atoms in total. The zero-order valence-corrected chi connectivity index (χ0v) is 12.4. The average Bonchev–Trinajstić information content (AvgIpc) is 2.43. The first-order valence-electron chi connectivity index (χ1n) is 6.95. The monoisotopic (exact) mass is 290 g/mol. The molecular formula is C15H19FN4O. The molecule has 21 heavy (non-hydrogen) atoms. The normalized spacial score (nSPS) is 10.9. The average molecular weight is 290 g/mol. The number of halogens is 1. The van der Waals surface area contributed by atoms with Crippen LogP contribution in [0.25, 0.3) is 10.9 Å². The number of hydrogen-bond donors (Lipinski definition) is 1. The van der Waals surface area contributed by atoms with Crippen molar-refractivity contribution < 1.29 is 9.18 Å². The van der Waals surface area contributed by atoms with Crippen LogP contribution in [0.3, 0.4) is 0 Å². The van der Waals surface area contributed by atoms with Crippen LogP contribution in [0.2, 0.25) is 0 Å². The molecule has 0 aliphatic heterocycles. The summed E-state index contributed by atoms with van der Waals surface area (Å²) in [5.41, 5.74) is 0.657. The van der Waals surface area contributed by atoms with Gasteiger partial charge in [0, 0.05) is 18.0 Å². The van der Waals surface area contributed by atoms with E-state index in [1.165, 1.54) is 18.5 Å². The molecule has 0 bridgehead atoms. The van der Waals surface area contributed by atoms with E-state index in [2.05, 4.69) is 15.3 Å². The standard InChI is InChI=1S/C15H19FN4O/c1-4-20(8-14(21)19-10(2)3)15-12-7-11(16)5-6-13(12)17-9-18-15/h5-7,9-10H,4,8H2,1-3H3,(H,19,21). The number of fused-ring (bicyclic) bond motifs is 1. The Bertz CT molecular complexity index is 645. The van der Waals surface area contributed by atoms with Crippen LogP contribution >= 0.6 is 0 Å². The second-order valence-electron chi connectivity index (χ2n) is 5.10. The van der Waals surface area contributed by atoms with Crippen molar-refractivity contribution in [3.8, 4) is 0 Å². The molecule has 2 rings (SSSR count). The lowest BCUT2D eigenvalue weighted by Crippen LogP contribution is -2.40. The minimum atomic E-state index is -0.346. The maximum Gasteiger partial charge on any atom is 0.239 e. The van der Waals surface area contributed by atoms with Crippen LogP contribution in [0, 0.1) is 5.82 Å². The summed E-state index contributed by atoms with van der Waals surface area (Å²) in [6.07, 6.45) is 1.43. The molecule has 1 heterocycles. The van der Waals surface area contributed by atoms with E-state index in [4.69, 9.17) is 0 Å². The minimum Gasteiger partial charge on any atom is -0.352 e. The Morgan fingerprint density at radius 1 is 1.38 bits per heavy atom. The fraction of sp³-hybridized carbons (Fsp3) is 0.400. The first kappa shape index (κ1) is 15.2. The highest BCUT2D eigenvalue weighted by atomic mass is 19.1. The van der Waals surface area contributed by atoms with Gasteiger partial charge in [-0.05, 0) is 39.0 Å². The molecule has 0 saturated carbocycles. The van der Waals surface area contributed by atoms with Gasteiger partial charge in [-0.25, -0.2) is 14.4 Å². The van der Waals surface area contributed by atoms with Crippen LogP contribution in [-0.2, 0) is 4.79 Å². The van der Waals surface area contributed by atoms with Crippen LogP contribution in [0.15, 0.2) is 24.5 Å². The first-order valence-corrected chi connectivity index (χ1v) is 6.95. The Kier molecular flexibility index (Phi) is 4.67.